The molecular formula is C29H30N2O. The summed E-state index contributed by atoms with van der Waals surface area (Å²) in [5.41, 5.74) is 9.38. The molecule has 3 heteroatoms. The van der Waals surface area contributed by atoms with Crippen molar-refractivity contribution in [3.8, 4) is 11.6 Å². The quantitative estimate of drug-likeness (QED) is 0.271. The zero-order valence-electron chi connectivity index (χ0n) is 20.0. The Morgan fingerprint density at radius 3 is 2.16 bits per heavy atom. The van der Waals surface area contributed by atoms with E-state index in [2.05, 4.69) is 101 Å². The molecule has 1 aliphatic rings. The smallest absolute Gasteiger partial charge is 0.244 e. The minimum Gasteiger partial charge on any atom is -0.435 e. The Morgan fingerprint density at radius 2 is 1.47 bits per heavy atom. The second-order valence-electron chi connectivity index (χ2n) is 10.1. The molecule has 0 bridgehead atoms. The van der Waals surface area contributed by atoms with Crippen LogP contribution in [0.1, 0.15) is 48.7 Å². The van der Waals surface area contributed by atoms with Crippen LogP contribution in [0.25, 0.3) is 10.8 Å². The fraction of sp³-hybridized carbons (Fsp3) is 0.276. The molecule has 162 valence electrons. The van der Waals surface area contributed by atoms with Gasteiger partial charge in [-0.25, -0.2) is 4.98 Å². The average Bonchev–Trinajstić information content (AvgIpc) is 2.71. The van der Waals surface area contributed by atoms with Crippen LogP contribution >= 0.6 is 0 Å². The minimum atomic E-state index is 0.0946. The molecule has 0 N–H and O–H groups in total. The third-order valence-corrected chi connectivity index (χ3v) is 6.34. The lowest BCUT2D eigenvalue weighted by Gasteiger charge is -2.36. The molecule has 0 amide bonds. The van der Waals surface area contributed by atoms with Gasteiger partial charge in [-0.1, -0.05) is 56.7 Å². The summed E-state index contributed by atoms with van der Waals surface area (Å²) in [4.78, 5) is 7.10. The molecule has 0 aliphatic carbocycles. The Labute approximate surface area is 190 Å². The van der Waals surface area contributed by atoms with Gasteiger partial charge in [0, 0.05) is 11.1 Å². The number of rotatable bonds is 1. The number of aromatic nitrogens is 1. The highest BCUT2D eigenvalue weighted by Crippen LogP contribution is 2.54. The number of hydrogen-bond donors (Lipinski definition) is 0. The van der Waals surface area contributed by atoms with E-state index < -0.39 is 0 Å². The lowest BCUT2D eigenvalue weighted by atomic mass is 9.84. The molecule has 5 rings (SSSR count). The van der Waals surface area contributed by atoms with Crippen molar-refractivity contribution in [2.75, 3.05) is 4.90 Å². The van der Waals surface area contributed by atoms with Gasteiger partial charge in [-0.15, -0.1) is 0 Å². The summed E-state index contributed by atoms with van der Waals surface area (Å²) in [7, 11) is 0. The van der Waals surface area contributed by atoms with E-state index in [-0.39, 0.29) is 5.41 Å². The van der Waals surface area contributed by atoms with Crippen LogP contribution in [0.4, 0.5) is 17.1 Å². The highest BCUT2D eigenvalue weighted by Gasteiger charge is 2.31. The minimum absolute atomic E-state index is 0.0946. The lowest BCUT2D eigenvalue weighted by molar-refractivity contribution is 0.457. The van der Waals surface area contributed by atoms with Crippen molar-refractivity contribution < 1.29 is 4.74 Å². The van der Waals surface area contributed by atoms with Crippen LogP contribution in [-0.2, 0) is 5.41 Å². The van der Waals surface area contributed by atoms with E-state index in [0.717, 1.165) is 22.8 Å². The van der Waals surface area contributed by atoms with Gasteiger partial charge in [0.25, 0.3) is 0 Å². The normalized spacial score (nSPS) is 13.0. The third kappa shape index (κ3) is 3.24. The number of nitrogens with zero attached hydrogens (tertiary/aromatic N) is 2. The summed E-state index contributed by atoms with van der Waals surface area (Å²) in [5, 5.41) is 2.39. The van der Waals surface area contributed by atoms with Gasteiger partial charge in [-0.05, 0) is 79.5 Å². The van der Waals surface area contributed by atoms with Crippen LogP contribution in [0, 0.1) is 27.7 Å². The highest BCUT2D eigenvalue weighted by atomic mass is 16.5. The first-order valence-corrected chi connectivity index (χ1v) is 11.2. The van der Waals surface area contributed by atoms with Crippen LogP contribution in [-0.4, -0.2) is 4.98 Å². The van der Waals surface area contributed by atoms with Crippen LogP contribution in [0.5, 0.6) is 11.6 Å². The van der Waals surface area contributed by atoms with E-state index in [4.69, 9.17) is 9.72 Å². The number of fused-ring (bicyclic) bond motifs is 4. The molecule has 1 aromatic heterocycles. The van der Waals surface area contributed by atoms with E-state index in [9.17, 15) is 0 Å². The Bertz CT molecular complexity index is 1360. The van der Waals surface area contributed by atoms with Gasteiger partial charge in [0.1, 0.15) is 5.69 Å². The van der Waals surface area contributed by atoms with Crippen molar-refractivity contribution in [2.24, 2.45) is 0 Å². The summed E-state index contributed by atoms with van der Waals surface area (Å²) in [6, 6.07) is 19.7. The third-order valence-electron chi connectivity index (χ3n) is 6.34. The van der Waals surface area contributed by atoms with E-state index in [1.165, 1.54) is 38.7 Å². The maximum atomic E-state index is 6.36. The number of anilines is 3. The number of aryl methyl sites for hydroxylation is 4. The zero-order chi connectivity index (χ0) is 22.8. The Kier molecular flexibility index (Phi) is 4.56. The molecule has 0 unspecified atom stereocenters. The Hall–Kier alpha value is -3.33. The second kappa shape index (κ2) is 7.09. The van der Waals surface area contributed by atoms with Gasteiger partial charge in [0.05, 0.1) is 11.4 Å². The fourth-order valence-electron chi connectivity index (χ4n) is 4.68. The van der Waals surface area contributed by atoms with Gasteiger partial charge < -0.3 is 9.64 Å². The summed E-state index contributed by atoms with van der Waals surface area (Å²) < 4.78 is 6.36. The summed E-state index contributed by atoms with van der Waals surface area (Å²) in [6.07, 6.45) is 0. The van der Waals surface area contributed by atoms with Gasteiger partial charge >= 0.3 is 0 Å². The van der Waals surface area contributed by atoms with Crippen molar-refractivity contribution in [3.63, 3.8) is 0 Å². The van der Waals surface area contributed by atoms with Crippen LogP contribution in [0.15, 0.2) is 54.6 Å². The molecule has 4 aromatic rings. The highest BCUT2D eigenvalue weighted by molar-refractivity contribution is 6.04. The average molecular weight is 423 g/mol. The van der Waals surface area contributed by atoms with Crippen molar-refractivity contribution in [1.29, 1.82) is 0 Å². The molecule has 0 fully saturated rings. The van der Waals surface area contributed by atoms with E-state index >= 15 is 0 Å². The largest absolute Gasteiger partial charge is 0.435 e. The predicted molar refractivity (Wildman–Crippen MR) is 134 cm³/mol. The lowest BCUT2D eigenvalue weighted by Crippen LogP contribution is -2.20. The maximum Gasteiger partial charge on any atom is 0.244 e. The summed E-state index contributed by atoms with van der Waals surface area (Å²) >= 11 is 0. The molecule has 0 saturated carbocycles. The van der Waals surface area contributed by atoms with Gasteiger partial charge in [-0.2, -0.15) is 0 Å². The second-order valence-corrected chi connectivity index (χ2v) is 10.1. The first-order valence-electron chi connectivity index (χ1n) is 11.2. The standard InChI is InChI=1S/C29H30N2O/c1-17-8-10-21-11-13-25-27(23(21)14-17)31(24-12-9-20(4)30-28(24)32-25)26-18(2)15-22(16-19(26)3)29(5,6)7/h8-16H,1-7H3. The molecule has 1 aliphatic heterocycles. The van der Waals surface area contributed by atoms with Gasteiger partial charge in [-0.3, -0.25) is 0 Å². The number of hydrogen-bond acceptors (Lipinski definition) is 3. The molecule has 3 nitrogen and oxygen atoms in total. The van der Waals surface area contributed by atoms with Gasteiger partial charge in [0.15, 0.2) is 5.75 Å². The zero-order valence-corrected chi connectivity index (χ0v) is 20.0. The molecular weight excluding hydrogens is 392 g/mol. The number of pyridine rings is 1. The van der Waals surface area contributed by atoms with Crippen molar-refractivity contribution in [1.82, 2.24) is 4.98 Å². The number of benzene rings is 3. The fourth-order valence-corrected chi connectivity index (χ4v) is 4.68. The Balaban J connectivity index is 1.86. The molecule has 0 spiro atoms. The van der Waals surface area contributed by atoms with Gasteiger partial charge in [0.2, 0.25) is 5.88 Å². The van der Waals surface area contributed by atoms with Crippen molar-refractivity contribution >= 4 is 27.8 Å². The predicted octanol–water partition coefficient (Wildman–Crippen LogP) is 8.34. The van der Waals surface area contributed by atoms with Crippen LogP contribution in [0.3, 0.4) is 0 Å². The molecule has 0 saturated heterocycles. The molecule has 2 heterocycles. The van der Waals surface area contributed by atoms with E-state index in [0.29, 0.717) is 5.88 Å². The SMILES string of the molecule is Cc1ccc2ccc3c(c2c1)N(c1c(C)cc(C(C)(C)C)cc1C)c1ccc(C)nc1O3. The molecule has 32 heavy (non-hydrogen) atoms. The topological polar surface area (TPSA) is 25.4 Å². The first kappa shape index (κ1) is 20.6. The van der Waals surface area contributed by atoms with Crippen molar-refractivity contribution in [3.05, 3.63) is 82.5 Å². The maximum absolute atomic E-state index is 6.36. The number of ether oxygens (including phenoxy) is 1. The summed E-state index contributed by atoms with van der Waals surface area (Å²) in [5.74, 6) is 1.50. The van der Waals surface area contributed by atoms with Crippen LogP contribution in [0.2, 0.25) is 0 Å². The first-order chi connectivity index (χ1) is 15.1. The van der Waals surface area contributed by atoms with E-state index in [1.807, 2.05) is 6.92 Å². The molecule has 0 atom stereocenters. The summed E-state index contributed by atoms with van der Waals surface area (Å²) in [6.45, 7) is 15.4. The molecule has 0 radical (unpaired) electrons. The Morgan fingerprint density at radius 1 is 0.781 bits per heavy atom. The van der Waals surface area contributed by atoms with Crippen molar-refractivity contribution in [2.45, 2.75) is 53.9 Å². The molecule has 3 aromatic carbocycles. The monoisotopic (exact) mass is 422 g/mol. The van der Waals surface area contributed by atoms with Crippen LogP contribution < -0.4 is 9.64 Å². The van der Waals surface area contributed by atoms with E-state index in [1.54, 1.807) is 0 Å².